The van der Waals surface area contributed by atoms with Crippen LogP contribution >= 0.6 is 15.9 Å². The molecule has 1 rings (SSSR count). The van der Waals surface area contributed by atoms with E-state index < -0.39 is 17.8 Å². The molecule has 0 radical (unpaired) electrons. The van der Waals surface area contributed by atoms with Crippen molar-refractivity contribution in [1.29, 1.82) is 10.5 Å². The molecule has 19 heavy (non-hydrogen) atoms. The van der Waals surface area contributed by atoms with Gasteiger partial charge in [0.05, 0.1) is 5.69 Å². The second-order valence-electron chi connectivity index (χ2n) is 2.99. The average molecular weight is 333 g/mol. The third kappa shape index (κ3) is 4.85. The number of hydrogen-bond donors (Lipinski definition) is 1. The molecule has 0 aromatic heterocycles. The summed E-state index contributed by atoms with van der Waals surface area (Å²) in [6, 6.07) is 6.41. The van der Waals surface area contributed by atoms with Crippen LogP contribution in [0.1, 0.15) is 0 Å². The Labute approximate surface area is 114 Å². The van der Waals surface area contributed by atoms with E-state index >= 15 is 0 Å². The highest BCUT2D eigenvalue weighted by Gasteiger charge is 2.31. The molecule has 1 aromatic rings. The van der Waals surface area contributed by atoms with Crippen molar-refractivity contribution in [2.24, 2.45) is 5.10 Å². The molecule has 0 aliphatic carbocycles. The zero-order valence-electron chi connectivity index (χ0n) is 8.99. The van der Waals surface area contributed by atoms with Crippen LogP contribution in [0.25, 0.3) is 0 Å². The third-order valence-corrected chi connectivity index (χ3v) is 2.36. The Bertz CT molecular complexity index is 570. The molecule has 0 aliphatic rings. The summed E-state index contributed by atoms with van der Waals surface area (Å²) in [6.07, 6.45) is -4.81. The number of nitrogens with one attached hydrogen (secondary N) is 1. The van der Waals surface area contributed by atoms with Gasteiger partial charge in [-0.3, -0.25) is 5.43 Å². The molecule has 9 heteroatoms. The lowest BCUT2D eigenvalue weighted by Gasteiger charge is -2.10. The Morgan fingerprint density at radius 1 is 1.32 bits per heavy atom. The highest BCUT2D eigenvalue weighted by Crippen LogP contribution is 2.30. The van der Waals surface area contributed by atoms with Crippen LogP contribution in [0.3, 0.4) is 0 Å². The van der Waals surface area contributed by atoms with E-state index in [1.54, 1.807) is 0 Å². The summed E-state index contributed by atoms with van der Waals surface area (Å²) in [7, 11) is 0. The van der Waals surface area contributed by atoms with E-state index in [1.165, 1.54) is 18.2 Å². The zero-order valence-corrected chi connectivity index (χ0v) is 10.6. The molecule has 0 amide bonds. The largest absolute Gasteiger partial charge is 0.573 e. The Balaban J connectivity index is 2.96. The SMILES string of the molecule is N#CC(C#N)=NNc1cc(OC(F)(F)F)ccc1Br. The molecular formula is C10H4BrF3N4O. The van der Waals surface area contributed by atoms with Crippen molar-refractivity contribution in [3.05, 3.63) is 22.7 Å². The number of hydrogen-bond acceptors (Lipinski definition) is 5. The van der Waals surface area contributed by atoms with E-state index in [-0.39, 0.29) is 5.69 Å². The van der Waals surface area contributed by atoms with E-state index in [0.717, 1.165) is 12.1 Å². The monoisotopic (exact) mass is 332 g/mol. The number of nitrogens with zero attached hydrogens (tertiary/aromatic N) is 3. The lowest BCUT2D eigenvalue weighted by molar-refractivity contribution is -0.274. The number of anilines is 1. The minimum Gasteiger partial charge on any atom is -0.406 e. The fourth-order valence-electron chi connectivity index (χ4n) is 0.978. The van der Waals surface area contributed by atoms with E-state index in [0.29, 0.717) is 4.47 Å². The summed E-state index contributed by atoms with van der Waals surface area (Å²) in [6.45, 7) is 0. The Morgan fingerprint density at radius 3 is 2.47 bits per heavy atom. The summed E-state index contributed by atoms with van der Waals surface area (Å²) < 4.78 is 40.2. The minimum atomic E-state index is -4.81. The van der Waals surface area contributed by atoms with Crippen LogP contribution in [0.15, 0.2) is 27.8 Å². The van der Waals surface area contributed by atoms with Crippen LogP contribution in [0.4, 0.5) is 18.9 Å². The van der Waals surface area contributed by atoms with Gasteiger partial charge in [-0.25, -0.2) is 0 Å². The Hall–Kier alpha value is -2.26. The van der Waals surface area contributed by atoms with Crippen LogP contribution < -0.4 is 10.2 Å². The second-order valence-corrected chi connectivity index (χ2v) is 3.84. The molecule has 0 saturated heterocycles. The number of hydrazone groups is 1. The van der Waals surface area contributed by atoms with E-state index in [1.807, 2.05) is 0 Å². The first kappa shape index (κ1) is 14.8. The normalized spacial score (nSPS) is 10.0. The lowest BCUT2D eigenvalue weighted by Crippen LogP contribution is -2.17. The molecule has 0 unspecified atom stereocenters. The smallest absolute Gasteiger partial charge is 0.406 e. The maximum atomic E-state index is 12.0. The van der Waals surface area contributed by atoms with Crippen LogP contribution in [-0.4, -0.2) is 12.1 Å². The van der Waals surface area contributed by atoms with Crippen LogP contribution in [0.5, 0.6) is 5.75 Å². The third-order valence-electron chi connectivity index (χ3n) is 1.67. The predicted octanol–water partition coefficient (Wildman–Crippen LogP) is 3.16. The number of benzene rings is 1. The highest BCUT2D eigenvalue weighted by atomic mass is 79.9. The van der Waals surface area contributed by atoms with Crippen molar-refractivity contribution in [1.82, 2.24) is 0 Å². The summed E-state index contributed by atoms with van der Waals surface area (Å²) in [5.41, 5.74) is 1.94. The van der Waals surface area contributed by atoms with Gasteiger partial charge in [0.25, 0.3) is 0 Å². The van der Waals surface area contributed by atoms with E-state index in [4.69, 9.17) is 10.5 Å². The highest BCUT2D eigenvalue weighted by molar-refractivity contribution is 9.10. The molecule has 1 aromatic carbocycles. The predicted molar refractivity (Wildman–Crippen MR) is 63.1 cm³/mol. The summed E-state index contributed by atoms with van der Waals surface area (Å²) in [4.78, 5) is 0. The maximum Gasteiger partial charge on any atom is 0.573 e. The molecule has 0 aliphatic heterocycles. The number of rotatable bonds is 3. The van der Waals surface area contributed by atoms with Gasteiger partial charge in [-0.1, -0.05) is 0 Å². The second kappa shape index (κ2) is 6.07. The van der Waals surface area contributed by atoms with Crippen LogP contribution in [-0.2, 0) is 0 Å². The van der Waals surface area contributed by atoms with Gasteiger partial charge in [0.2, 0.25) is 5.71 Å². The van der Waals surface area contributed by atoms with Gasteiger partial charge in [0.1, 0.15) is 17.9 Å². The van der Waals surface area contributed by atoms with Gasteiger partial charge in [0, 0.05) is 10.5 Å². The van der Waals surface area contributed by atoms with Crippen molar-refractivity contribution < 1.29 is 17.9 Å². The molecule has 0 heterocycles. The molecule has 98 valence electrons. The first-order valence-corrected chi connectivity index (χ1v) is 5.34. The quantitative estimate of drug-likeness (QED) is 0.680. The Morgan fingerprint density at radius 2 is 1.95 bits per heavy atom. The van der Waals surface area contributed by atoms with Crippen molar-refractivity contribution >= 4 is 27.3 Å². The van der Waals surface area contributed by atoms with Gasteiger partial charge in [-0.2, -0.15) is 15.6 Å². The molecule has 1 N–H and O–H groups in total. The van der Waals surface area contributed by atoms with Gasteiger partial charge < -0.3 is 4.74 Å². The molecular weight excluding hydrogens is 329 g/mol. The standard InChI is InChI=1S/C10H4BrF3N4O/c11-8-2-1-7(19-10(12,13)14)3-9(8)18-17-6(4-15)5-16/h1-3,18H. The molecule has 0 saturated carbocycles. The van der Waals surface area contributed by atoms with Gasteiger partial charge >= 0.3 is 6.36 Å². The van der Waals surface area contributed by atoms with Crippen molar-refractivity contribution in [2.75, 3.05) is 5.43 Å². The number of alkyl halides is 3. The number of nitriles is 2. The van der Waals surface area contributed by atoms with Gasteiger partial charge in [-0.15, -0.1) is 13.2 Å². The molecule has 0 atom stereocenters. The van der Waals surface area contributed by atoms with Crippen molar-refractivity contribution in [3.63, 3.8) is 0 Å². The topological polar surface area (TPSA) is 81.2 Å². The van der Waals surface area contributed by atoms with Gasteiger partial charge in [0.15, 0.2) is 0 Å². The fourth-order valence-corrected chi connectivity index (χ4v) is 1.31. The van der Waals surface area contributed by atoms with E-state index in [2.05, 4.69) is 31.2 Å². The van der Waals surface area contributed by atoms with Gasteiger partial charge in [-0.05, 0) is 28.1 Å². The Kier molecular flexibility index (Phi) is 4.73. The maximum absolute atomic E-state index is 12.0. The average Bonchev–Trinajstić information content (AvgIpc) is 2.32. The van der Waals surface area contributed by atoms with Crippen molar-refractivity contribution in [3.8, 4) is 17.9 Å². The first-order valence-electron chi connectivity index (χ1n) is 4.55. The zero-order chi connectivity index (χ0) is 14.5. The summed E-state index contributed by atoms with van der Waals surface area (Å²) in [5.74, 6) is -0.455. The van der Waals surface area contributed by atoms with Crippen molar-refractivity contribution in [2.45, 2.75) is 6.36 Å². The molecule has 5 nitrogen and oxygen atoms in total. The first-order chi connectivity index (χ1) is 8.85. The van der Waals surface area contributed by atoms with Crippen LogP contribution in [0.2, 0.25) is 0 Å². The minimum absolute atomic E-state index is 0.116. The van der Waals surface area contributed by atoms with E-state index in [9.17, 15) is 13.2 Å². The summed E-state index contributed by atoms with van der Waals surface area (Å²) >= 11 is 3.07. The van der Waals surface area contributed by atoms with Crippen LogP contribution in [0, 0.1) is 22.7 Å². The lowest BCUT2D eigenvalue weighted by atomic mass is 10.3. The summed E-state index contributed by atoms with van der Waals surface area (Å²) in [5, 5.41) is 20.3. The molecule has 0 spiro atoms. The fraction of sp³-hybridized carbons (Fsp3) is 0.100. The number of halogens is 4. The molecule has 0 fully saturated rings. The number of ether oxygens (including phenoxy) is 1. The molecule has 0 bridgehead atoms.